The Morgan fingerprint density at radius 3 is 2.28 bits per heavy atom. The highest BCUT2D eigenvalue weighted by Gasteiger charge is 2.31. The van der Waals surface area contributed by atoms with Gasteiger partial charge in [-0.15, -0.1) is 0 Å². The molecule has 0 radical (unpaired) electrons. The summed E-state index contributed by atoms with van der Waals surface area (Å²) in [5.74, 6) is 0. The third-order valence-electron chi connectivity index (χ3n) is 2.00. The molecule has 0 saturated heterocycles. The number of rotatable bonds is 4. The SMILES string of the molecule is O=Cc1c([N+](=O)[O-])ccc(C(F)F)c1S(=O)(=O)Cl. The van der Waals surface area contributed by atoms with E-state index in [1.165, 1.54) is 0 Å². The van der Waals surface area contributed by atoms with Crippen LogP contribution in [0.3, 0.4) is 0 Å². The van der Waals surface area contributed by atoms with E-state index in [1.807, 2.05) is 0 Å². The summed E-state index contributed by atoms with van der Waals surface area (Å²) in [7, 11) is 0.205. The van der Waals surface area contributed by atoms with Gasteiger partial charge >= 0.3 is 0 Å². The van der Waals surface area contributed by atoms with E-state index in [2.05, 4.69) is 0 Å². The van der Waals surface area contributed by atoms with Gasteiger partial charge in [-0.1, -0.05) is 0 Å². The molecule has 98 valence electrons. The van der Waals surface area contributed by atoms with Crippen LogP contribution in [0.25, 0.3) is 0 Å². The fourth-order valence-electron chi connectivity index (χ4n) is 1.32. The largest absolute Gasteiger partial charge is 0.298 e. The highest BCUT2D eigenvalue weighted by atomic mass is 35.7. The van der Waals surface area contributed by atoms with Gasteiger partial charge in [0.25, 0.3) is 21.2 Å². The van der Waals surface area contributed by atoms with Crippen LogP contribution in [0.2, 0.25) is 0 Å². The van der Waals surface area contributed by atoms with E-state index in [1.54, 1.807) is 0 Å². The second-order valence-electron chi connectivity index (χ2n) is 3.03. The van der Waals surface area contributed by atoms with E-state index in [0.717, 1.165) is 0 Å². The predicted molar refractivity (Wildman–Crippen MR) is 56.5 cm³/mol. The number of aldehydes is 1. The number of hydrogen-bond acceptors (Lipinski definition) is 5. The fraction of sp³-hybridized carbons (Fsp3) is 0.125. The molecule has 0 fully saturated rings. The molecule has 0 aliphatic carbocycles. The normalized spacial score (nSPS) is 11.6. The van der Waals surface area contributed by atoms with Crippen molar-refractivity contribution in [1.29, 1.82) is 0 Å². The number of carbonyl (C=O) groups is 1. The van der Waals surface area contributed by atoms with Crippen LogP contribution in [0.15, 0.2) is 17.0 Å². The number of nitro groups is 1. The summed E-state index contributed by atoms with van der Waals surface area (Å²) in [5.41, 5.74) is -2.96. The van der Waals surface area contributed by atoms with Gasteiger partial charge in [-0.2, -0.15) is 0 Å². The second kappa shape index (κ2) is 4.94. The van der Waals surface area contributed by atoms with Crippen LogP contribution in [0.1, 0.15) is 22.3 Å². The van der Waals surface area contributed by atoms with Crippen molar-refractivity contribution in [2.75, 3.05) is 0 Å². The summed E-state index contributed by atoms with van der Waals surface area (Å²) < 4.78 is 47.5. The topological polar surface area (TPSA) is 94.3 Å². The fourth-order valence-corrected chi connectivity index (χ4v) is 2.69. The van der Waals surface area contributed by atoms with Crippen LogP contribution < -0.4 is 0 Å². The van der Waals surface area contributed by atoms with Crippen molar-refractivity contribution in [2.24, 2.45) is 0 Å². The number of halogens is 3. The molecule has 0 aliphatic heterocycles. The van der Waals surface area contributed by atoms with Crippen LogP contribution in [-0.4, -0.2) is 19.6 Å². The molecule has 0 unspecified atom stereocenters. The first-order valence-electron chi connectivity index (χ1n) is 4.19. The Labute approximate surface area is 104 Å². The van der Waals surface area contributed by atoms with Crippen LogP contribution in [-0.2, 0) is 9.05 Å². The Morgan fingerprint density at radius 1 is 1.39 bits per heavy atom. The molecule has 0 atom stereocenters. The molecule has 1 aromatic rings. The number of carbonyl (C=O) groups excluding carboxylic acids is 1. The standard InChI is InChI=1S/C8H4ClF2NO5S/c9-18(16,17)7-4(8(10)11)1-2-6(12(14)15)5(7)3-13/h1-3,8H. The minimum absolute atomic E-state index is 0.195. The molecule has 0 saturated carbocycles. The van der Waals surface area contributed by atoms with Crippen molar-refractivity contribution in [3.63, 3.8) is 0 Å². The summed E-state index contributed by atoms with van der Waals surface area (Å²) in [4.78, 5) is 19.0. The maximum atomic E-state index is 12.6. The smallest absolute Gasteiger partial charge is 0.281 e. The minimum Gasteiger partial charge on any atom is -0.298 e. The van der Waals surface area contributed by atoms with Crippen LogP contribution >= 0.6 is 10.7 Å². The number of nitrogens with zero attached hydrogens (tertiary/aromatic N) is 1. The Morgan fingerprint density at radius 2 is 1.94 bits per heavy atom. The Hall–Kier alpha value is -1.61. The first-order valence-corrected chi connectivity index (χ1v) is 6.50. The Bertz CT molecular complexity index is 616. The van der Waals surface area contributed by atoms with Crippen LogP contribution in [0.5, 0.6) is 0 Å². The van der Waals surface area contributed by atoms with Gasteiger partial charge in [-0.25, -0.2) is 17.2 Å². The van der Waals surface area contributed by atoms with Crippen LogP contribution in [0, 0.1) is 10.1 Å². The molecule has 1 aromatic carbocycles. The molecule has 10 heteroatoms. The summed E-state index contributed by atoms with van der Waals surface area (Å²) in [6.07, 6.45) is -3.44. The van der Waals surface area contributed by atoms with Gasteiger partial charge in [-0.05, 0) is 6.07 Å². The Balaban J connectivity index is 3.85. The summed E-state index contributed by atoms with van der Waals surface area (Å²) in [6.45, 7) is 0. The third-order valence-corrected chi connectivity index (χ3v) is 3.40. The van der Waals surface area contributed by atoms with Gasteiger partial charge in [-0.3, -0.25) is 14.9 Å². The maximum Gasteiger partial charge on any atom is 0.281 e. The number of alkyl halides is 2. The summed E-state index contributed by atoms with van der Waals surface area (Å²) in [5, 5.41) is 10.6. The zero-order chi connectivity index (χ0) is 14.1. The molecular weight excluding hydrogens is 296 g/mol. The molecular formula is C8H4ClF2NO5S. The maximum absolute atomic E-state index is 12.6. The first kappa shape index (κ1) is 14.5. The lowest BCUT2D eigenvalue weighted by molar-refractivity contribution is -0.385. The van der Waals surface area contributed by atoms with Crippen molar-refractivity contribution >= 4 is 31.7 Å². The predicted octanol–water partition coefficient (Wildman–Crippen LogP) is 2.27. The first-order chi connectivity index (χ1) is 8.20. The van der Waals surface area contributed by atoms with E-state index in [4.69, 9.17) is 10.7 Å². The molecule has 0 aliphatic rings. The summed E-state index contributed by atoms with van der Waals surface area (Å²) >= 11 is 0. The average molecular weight is 300 g/mol. The van der Waals surface area contributed by atoms with Gasteiger partial charge in [0, 0.05) is 22.3 Å². The van der Waals surface area contributed by atoms with E-state index < -0.39 is 42.1 Å². The quantitative estimate of drug-likeness (QED) is 0.368. The zero-order valence-electron chi connectivity index (χ0n) is 8.34. The minimum atomic E-state index is -4.72. The lowest BCUT2D eigenvalue weighted by atomic mass is 10.1. The monoisotopic (exact) mass is 299 g/mol. The zero-order valence-corrected chi connectivity index (χ0v) is 9.91. The third kappa shape index (κ3) is 2.62. The molecule has 0 N–H and O–H groups in total. The van der Waals surface area contributed by atoms with E-state index in [-0.39, 0.29) is 6.29 Å². The van der Waals surface area contributed by atoms with Gasteiger partial charge in [0.1, 0.15) is 10.5 Å². The van der Waals surface area contributed by atoms with Gasteiger partial charge in [0.05, 0.1) is 4.92 Å². The molecule has 0 heterocycles. The molecule has 0 amide bonds. The number of benzene rings is 1. The number of nitro benzene ring substituents is 1. The number of hydrogen-bond donors (Lipinski definition) is 0. The molecule has 0 spiro atoms. The average Bonchev–Trinajstić information content (AvgIpc) is 2.25. The highest BCUT2D eigenvalue weighted by Crippen LogP contribution is 2.35. The second-order valence-corrected chi connectivity index (χ2v) is 5.53. The van der Waals surface area contributed by atoms with Gasteiger partial charge in [0.2, 0.25) is 0 Å². The van der Waals surface area contributed by atoms with E-state index in [0.29, 0.717) is 12.1 Å². The molecule has 0 bridgehead atoms. The van der Waals surface area contributed by atoms with E-state index >= 15 is 0 Å². The Kier molecular flexibility index (Phi) is 3.97. The van der Waals surface area contributed by atoms with Crippen molar-refractivity contribution in [3.05, 3.63) is 33.4 Å². The highest BCUT2D eigenvalue weighted by molar-refractivity contribution is 8.13. The molecule has 1 rings (SSSR count). The van der Waals surface area contributed by atoms with Gasteiger partial charge in [0.15, 0.2) is 6.29 Å². The molecule has 18 heavy (non-hydrogen) atoms. The lowest BCUT2D eigenvalue weighted by Gasteiger charge is -2.08. The van der Waals surface area contributed by atoms with Crippen molar-refractivity contribution in [1.82, 2.24) is 0 Å². The van der Waals surface area contributed by atoms with Crippen molar-refractivity contribution < 1.29 is 26.9 Å². The summed E-state index contributed by atoms with van der Waals surface area (Å²) in [6, 6.07) is 1.17. The molecule has 0 aromatic heterocycles. The van der Waals surface area contributed by atoms with Crippen molar-refractivity contribution in [3.8, 4) is 0 Å². The van der Waals surface area contributed by atoms with Gasteiger partial charge < -0.3 is 0 Å². The van der Waals surface area contributed by atoms with Crippen LogP contribution in [0.4, 0.5) is 14.5 Å². The van der Waals surface area contributed by atoms with E-state index in [9.17, 15) is 32.1 Å². The molecule has 6 nitrogen and oxygen atoms in total. The van der Waals surface area contributed by atoms with Crippen molar-refractivity contribution in [2.45, 2.75) is 11.3 Å². The lowest BCUT2D eigenvalue weighted by Crippen LogP contribution is -2.07.